The molecule has 0 saturated carbocycles. The molecule has 5 nitrogen and oxygen atoms in total. The minimum atomic E-state index is -0.618. The maximum absolute atomic E-state index is 13.2. The molecule has 0 heterocycles. The first-order valence-electron chi connectivity index (χ1n) is 10.5. The van der Waals surface area contributed by atoms with Crippen LogP contribution >= 0.6 is 27.5 Å². The highest BCUT2D eigenvalue weighted by atomic mass is 79.9. The van der Waals surface area contributed by atoms with Crippen molar-refractivity contribution in [2.24, 2.45) is 0 Å². The first-order valence-corrected chi connectivity index (χ1v) is 11.7. The summed E-state index contributed by atoms with van der Waals surface area (Å²) in [7, 11) is 0. The van der Waals surface area contributed by atoms with Gasteiger partial charge in [0.15, 0.2) is 6.61 Å². The number of aryl methyl sites for hydroxylation is 1. The molecule has 0 saturated heterocycles. The van der Waals surface area contributed by atoms with Gasteiger partial charge in [-0.05, 0) is 62.1 Å². The third-order valence-electron chi connectivity index (χ3n) is 5.18. The molecule has 1 N–H and O–H groups in total. The van der Waals surface area contributed by atoms with Crippen LogP contribution in [0.25, 0.3) is 0 Å². The fourth-order valence-electron chi connectivity index (χ4n) is 3.11. The topological polar surface area (TPSA) is 58.6 Å². The lowest BCUT2D eigenvalue weighted by Crippen LogP contribution is -2.51. The van der Waals surface area contributed by atoms with Crippen LogP contribution in [0.3, 0.4) is 0 Å². The Hall–Kier alpha value is -2.05. The summed E-state index contributed by atoms with van der Waals surface area (Å²) in [5.41, 5.74) is 1.80. The first kappa shape index (κ1) is 25.2. The average Bonchev–Trinajstić information content (AvgIpc) is 2.75. The van der Waals surface area contributed by atoms with Crippen molar-refractivity contribution in [2.75, 3.05) is 6.61 Å². The monoisotopic (exact) mass is 508 g/mol. The number of benzene rings is 2. The largest absolute Gasteiger partial charge is 0.484 e. The van der Waals surface area contributed by atoms with E-state index in [9.17, 15) is 9.59 Å². The van der Waals surface area contributed by atoms with Crippen LogP contribution in [0.1, 0.15) is 44.7 Å². The van der Waals surface area contributed by atoms with Gasteiger partial charge in [0.1, 0.15) is 11.8 Å². The van der Waals surface area contributed by atoms with Crippen LogP contribution in [0.2, 0.25) is 5.02 Å². The van der Waals surface area contributed by atoms with E-state index in [1.165, 1.54) is 0 Å². The van der Waals surface area contributed by atoms with Crippen molar-refractivity contribution < 1.29 is 14.3 Å². The van der Waals surface area contributed by atoms with Gasteiger partial charge < -0.3 is 15.0 Å². The van der Waals surface area contributed by atoms with Crippen molar-refractivity contribution in [3.8, 4) is 5.75 Å². The molecule has 2 rings (SSSR count). The number of amides is 2. The molecule has 0 bridgehead atoms. The van der Waals surface area contributed by atoms with E-state index in [-0.39, 0.29) is 31.0 Å². The van der Waals surface area contributed by atoms with Crippen LogP contribution in [0.15, 0.2) is 46.9 Å². The Kier molecular flexibility index (Phi) is 9.85. The van der Waals surface area contributed by atoms with E-state index in [2.05, 4.69) is 21.2 Å². The molecule has 2 aromatic carbocycles. The summed E-state index contributed by atoms with van der Waals surface area (Å²) in [6.07, 6.45) is 1.29. The molecule has 2 amide bonds. The fraction of sp³-hybridized carbons (Fsp3) is 0.417. The highest BCUT2D eigenvalue weighted by molar-refractivity contribution is 9.10. The van der Waals surface area contributed by atoms with Gasteiger partial charge in [-0.25, -0.2) is 0 Å². The quantitative estimate of drug-likeness (QED) is 0.459. The van der Waals surface area contributed by atoms with Crippen LogP contribution in [0.5, 0.6) is 5.75 Å². The molecule has 2 aromatic rings. The van der Waals surface area contributed by atoms with Gasteiger partial charge >= 0.3 is 0 Å². The number of hydrogen-bond donors (Lipinski definition) is 1. The molecule has 0 aromatic heterocycles. The molecule has 2 atom stereocenters. The standard InChI is InChI=1S/C24H30BrClN2O3/c1-5-17(4)27-24(30)22(6-2)28(14-18-9-7-8-10-21(18)26)23(29)15-31-19-11-12-20(25)16(3)13-19/h7-13,17,22H,5-6,14-15H2,1-4H3,(H,27,30). The van der Waals surface area contributed by atoms with Gasteiger partial charge in [0.25, 0.3) is 5.91 Å². The summed E-state index contributed by atoms with van der Waals surface area (Å²) in [4.78, 5) is 27.7. The minimum Gasteiger partial charge on any atom is -0.484 e. The average molecular weight is 510 g/mol. The second kappa shape index (κ2) is 12.1. The number of rotatable bonds is 10. The molecule has 0 aliphatic heterocycles. The minimum absolute atomic E-state index is 0.0285. The van der Waals surface area contributed by atoms with Gasteiger partial charge in [-0.3, -0.25) is 9.59 Å². The van der Waals surface area contributed by atoms with Crippen LogP contribution in [-0.2, 0) is 16.1 Å². The summed E-state index contributed by atoms with van der Waals surface area (Å²) in [6.45, 7) is 7.87. The number of nitrogens with one attached hydrogen (secondary N) is 1. The predicted molar refractivity (Wildman–Crippen MR) is 128 cm³/mol. The Morgan fingerprint density at radius 2 is 1.87 bits per heavy atom. The summed E-state index contributed by atoms with van der Waals surface area (Å²) in [5.74, 6) is 0.159. The smallest absolute Gasteiger partial charge is 0.261 e. The number of halogens is 2. The Balaban J connectivity index is 2.24. The Labute approximate surface area is 198 Å². The van der Waals surface area contributed by atoms with Crippen molar-refractivity contribution in [3.05, 3.63) is 63.1 Å². The first-order chi connectivity index (χ1) is 14.8. The summed E-state index contributed by atoms with van der Waals surface area (Å²) < 4.78 is 6.72. The molecule has 0 aliphatic carbocycles. The van der Waals surface area contributed by atoms with Gasteiger partial charge in [-0.15, -0.1) is 0 Å². The van der Waals surface area contributed by atoms with Crippen molar-refractivity contribution in [1.29, 1.82) is 0 Å². The number of hydrogen-bond acceptors (Lipinski definition) is 3. The molecule has 168 valence electrons. The van der Waals surface area contributed by atoms with Gasteiger partial charge in [-0.1, -0.05) is 59.6 Å². The maximum atomic E-state index is 13.2. The molecular weight excluding hydrogens is 480 g/mol. The van der Waals surface area contributed by atoms with E-state index in [1.54, 1.807) is 17.0 Å². The Morgan fingerprint density at radius 1 is 1.16 bits per heavy atom. The lowest BCUT2D eigenvalue weighted by Gasteiger charge is -2.31. The molecule has 0 fully saturated rings. The molecule has 0 spiro atoms. The van der Waals surface area contributed by atoms with Gasteiger partial charge in [0.2, 0.25) is 5.91 Å². The molecule has 31 heavy (non-hydrogen) atoms. The predicted octanol–water partition coefficient (Wildman–Crippen LogP) is 5.51. The van der Waals surface area contributed by atoms with Crippen molar-refractivity contribution in [1.82, 2.24) is 10.2 Å². The zero-order valence-corrected chi connectivity index (χ0v) is 20.8. The molecule has 0 radical (unpaired) electrons. The van der Waals surface area contributed by atoms with Gasteiger partial charge in [0.05, 0.1) is 0 Å². The zero-order chi connectivity index (χ0) is 23.0. The maximum Gasteiger partial charge on any atom is 0.261 e. The van der Waals surface area contributed by atoms with E-state index in [1.807, 2.05) is 58.0 Å². The van der Waals surface area contributed by atoms with Crippen LogP contribution in [0.4, 0.5) is 0 Å². The Morgan fingerprint density at radius 3 is 2.48 bits per heavy atom. The lowest BCUT2D eigenvalue weighted by molar-refractivity contribution is -0.143. The van der Waals surface area contributed by atoms with E-state index in [4.69, 9.17) is 16.3 Å². The van der Waals surface area contributed by atoms with E-state index in [0.717, 1.165) is 22.0 Å². The SMILES string of the molecule is CCC(C)NC(=O)C(CC)N(Cc1ccccc1Cl)C(=O)COc1ccc(Br)c(C)c1. The molecule has 0 aliphatic rings. The fourth-order valence-corrected chi connectivity index (χ4v) is 3.55. The summed E-state index contributed by atoms with van der Waals surface area (Å²) in [5, 5.41) is 3.55. The molecule has 2 unspecified atom stereocenters. The third-order valence-corrected chi connectivity index (χ3v) is 6.44. The molecule has 7 heteroatoms. The van der Waals surface area contributed by atoms with Crippen LogP contribution < -0.4 is 10.1 Å². The van der Waals surface area contributed by atoms with E-state index in [0.29, 0.717) is 17.2 Å². The highest BCUT2D eigenvalue weighted by Gasteiger charge is 2.30. The van der Waals surface area contributed by atoms with Gasteiger partial charge in [-0.2, -0.15) is 0 Å². The lowest BCUT2D eigenvalue weighted by atomic mass is 10.1. The van der Waals surface area contributed by atoms with E-state index >= 15 is 0 Å². The highest BCUT2D eigenvalue weighted by Crippen LogP contribution is 2.23. The normalized spacial score (nSPS) is 12.7. The number of carbonyl (C=O) groups excluding carboxylic acids is 2. The zero-order valence-electron chi connectivity index (χ0n) is 18.5. The van der Waals surface area contributed by atoms with Crippen molar-refractivity contribution in [3.63, 3.8) is 0 Å². The van der Waals surface area contributed by atoms with Crippen LogP contribution in [0, 0.1) is 6.92 Å². The summed E-state index contributed by atoms with van der Waals surface area (Å²) >= 11 is 9.80. The second-order valence-corrected chi connectivity index (χ2v) is 8.82. The molecular formula is C24H30BrClN2O3. The summed E-state index contributed by atoms with van der Waals surface area (Å²) in [6, 6.07) is 12.3. The van der Waals surface area contributed by atoms with Gasteiger partial charge in [0, 0.05) is 22.1 Å². The van der Waals surface area contributed by atoms with E-state index < -0.39 is 6.04 Å². The third kappa shape index (κ3) is 7.25. The van der Waals surface area contributed by atoms with Crippen molar-refractivity contribution in [2.45, 2.75) is 59.2 Å². The number of ether oxygens (including phenoxy) is 1. The Bertz CT molecular complexity index is 906. The van der Waals surface area contributed by atoms with Crippen LogP contribution in [-0.4, -0.2) is 35.4 Å². The van der Waals surface area contributed by atoms with Crippen molar-refractivity contribution >= 4 is 39.3 Å². The second-order valence-electron chi connectivity index (χ2n) is 7.55. The number of carbonyl (C=O) groups is 2. The number of nitrogens with zero attached hydrogens (tertiary/aromatic N) is 1.